The predicted molar refractivity (Wildman–Crippen MR) is 78.3 cm³/mol. The van der Waals surface area contributed by atoms with E-state index in [2.05, 4.69) is 21.2 Å². The molecule has 104 valence electrons. The number of hydrogen-bond acceptors (Lipinski definition) is 3. The fraction of sp³-hybridized carbons (Fsp3) is 0.500. The Hall–Kier alpha value is -1.07. The van der Waals surface area contributed by atoms with E-state index in [1.54, 1.807) is 0 Å². The van der Waals surface area contributed by atoms with Crippen molar-refractivity contribution in [3.8, 4) is 5.75 Å². The molecule has 1 aliphatic rings. The quantitative estimate of drug-likeness (QED) is 0.833. The number of hydrogen-bond donors (Lipinski definition) is 1. The Labute approximate surface area is 122 Å². The van der Waals surface area contributed by atoms with Gasteiger partial charge < -0.3 is 10.1 Å². The minimum Gasteiger partial charge on any atom is -0.492 e. The monoisotopic (exact) mass is 326 g/mol. The summed E-state index contributed by atoms with van der Waals surface area (Å²) in [6.45, 7) is 1.74. The summed E-state index contributed by atoms with van der Waals surface area (Å²) in [5.41, 5.74) is 0. The molecule has 1 saturated carbocycles. The zero-order chi connectivity index (χ0) is 13.7. The molecule has 0 bridgehead atoms. The summed E-state index contributed by atoms with van der Waals surface area (Å²) in [6, 6.07) is 8.16. The second-order valence-electron chi connectivity index (χ2n) is 4.88. The molecule has 2 rings (SSSR count). The molecule has 1 aliphatic carbocycles. The molecule has 0 saturated heterocycles. The summed E-state index contributed by atoms with van der Waals surface area (Å²) in [4.78, 5) is 13.5. The van der Waals surface area contributed by atoms with Gasteiger partial charge in [0, 0.05) is 17.1 Å². The number of benzene rings is 1. The van der Waals surface area contributed by atoms with Gasteiger partial charge in [0.2, 0.25) is 5.91 Å². The molecule has 1 amide bonds. The van der Waals surface area contributed by atoms with Crippen LogP contribution >= 0.6 is 15.9 Å². The number of halogens is 1. The topological polar surface area (TPSA) is 41.6 Å². The lowest BCUT2D eigenvalue weighted by molar-refractivity contribution is -0.122. The lowest BCUT2D eigenvalue weighted by Crippen LogP contribution is -2.37. The molecule has 4 nitrogen and oxygen atoms in total. The third kappa shape index (κ3) is 5.61. The van der Waals surface area contributed by atoms with Crippen LogP contribution in [0.4, 0.5) is 0 Å². The van der Waals surface area contributed by atoms with Gasteiger partial charge in [-0.3, -0.25) is 9.69 Å². The molecule has 0 heterocycles. The molecule has 0 spiro atoms. The van der Waals surface area contributed by atoms with Gasteiger partial charge in [0.15, 0.2) is 0 Å². The minimum atomic E-state index is 0.105. The SMILES string of the molecule is CN(CCOc1ccc(Br)cc1)CC(=O)NC1CC1. The second-order valence-corrected chi connectivity index (χ2v) is 5.80. The van der Waals surface area contributed by atoms with Crippen LogP contribution in [-0.4, -0.2) is 43.6 Å². The van der Waals surface area contributed by atoms with Crippen molar-refractivity contribution >= 4 is 21.8 Å². The molecular formula is C14H19BrN2O2. The Morgan fingerprint density at radius 1 is 1.42 bits per heavy atom. The van der Waals surface area contributed by atoms with E-state index in [4.69, 9.17) is 4.74 Å². The molecule has 19 heavy (non-hydrogen) atoms. The van der Waals surface area contributed by atoms with Crippen LogP contribution in [0.25, 0.3) is 0 Å². The number of nitrogens with zero attached hydrogens (tertiary/aromatic N) is 1. The van der Waals surface area contributed by atoms with Crippen LogP contribution in [0.2, 0.25) is 0 Å². The van der Waals surface area contributed by atoms with E-state index < -0.39 is 0 Å². The first kappa shape index (κ1) is 14.3. The number of amides is 1. The summed E-state index contributed by atoms with van der Waals surface area (Å²) in [7, 11) is 1.93. The third-order valence-corrected chi connectivity index (χ3v) is 3.44. The fourth-order valence-electron chi connectivity index (χ4n) is 1.68. The standard InChI is InChI=1S/C14H19BrN2O2/c1-17(10-14(18)16-12-4-5-12)8-9-19-13-6-2-11(15)3-7-13/h2-3,6-7,12H,4-5,8-10H2,1H3,(H,16,18). The van der Waals surface area contributed by atoms with Gasteiger partial charge in [-0.2, -0.15) is 0 Å². The van der Waals surface area contributed by atoms with Gasteiger partial charge in [0.05, 0.1) is 6.54 Å². The van der Waals surface area contributed by atoms with Crippen molar-refractivity contribution in [3.05, 3.63) is 28.7 Å². The Kier molecular flexibility index (Phi) is 5.22. The molecule has 1 fully saturated rings. The van der Waals surface area contributed by atoms with E-state index in [1.165, 1.54) is 0 Å². The molecule has 0 unspecified atom stereocenters. The first-order chi connectivity index (χ1) is 9.13. The van der Waals surface area contributed by atoms with Gasteiger partial charge in [0.1, 0.15) is 12.4 Å². The Bertz CT molecular complexity index is 418. The number of carbonyl (C=O) groups is 1. The van der Waals surface area contributed by atoms with Gasteiger partial charge >= 0.3 is 0 Å². The van der Waals surface area contributed by atoms with Crippen LogP contribution < -0.4 is 10.1 Å². The van der Waals surface area contributed by atoms with E-state index >= 15 is 0 Å². The Balaban J connectivity index is 1.61. The number of nitrogens with one attached hydrogen (secondary N) is 1. The van der Waals surface area contributed by atoms with E-state index in [1.807, 2.05) is 36.2 Å². The third-order valence-electron chi connectivity index (χ3n) is 2.91. The van der Waals surface area contributed by atoms with Gasteiger partial charge in [-0.05, 0) is 44.2 Å². The summed E-state index contributed by atoms with van der Waals surface area (Å²) < 4.78 is 6.65. The first-order valence-electron chi connectivity index (χ1n) is 6.50. The second kappa shape index (κ2) is 6.91. The van der Waals surface area contributed by atoms with E-state index in [0.717, 1.165) is 29.6 Å². The molecule has 0 aromatic heterocycles. The highest BCUT2D eigenvalue weighted by Gasteiger charge is 2.23. The predicted octanol–water partition coefficient (Wildman–Crippen LogP) is 2.04. The normalized spacial score (nSPS) is 14.5. The number of likely N-dealkylation sites (N-methyl/N-ethyl adjacent to an activating group) is 1. The molecular weight excluding hydrogens is 308 g/mol. The maximum Gasteiger partial charge on any atom is 0.234 e. The average molecular weight is 327 g/mol. The van der Waals surface area contributed by atoms with Gasteiger partial charge in [-0.25, -0.2) is 0 Å². The van der Waals surface area contributed by atoms with Gasteiger partial charge in [0.25, 0.3) is 0 Å². The molecule has 5 heteroatoms. The summed E-state index contributed by atoms with van der Waals surface area (Å²) >= 11 is 3.38. The fourth-order valence-corrected chi connectivity index (χ4v) is 1.94. The molecule has 0 aliphatic heterocycles. The van der Waals surface area contributed by atoms with Crippen molar-refractivity contribution < 1.29 is 9.53 Å². The van der Waals surface area contributed by atoms with Crippen LogP contribution in [0.15, 0.2) is 28.7 Å². The molecule has 0 atom stereocenters. The van der Waals surface area contributed by atoms with E-state index in [-0.39, 0.29) is 5.91 Å². The molecule has 1 N–H and O–H groups in total. The smallest absolute Gasteiger partial charge is 0.234 e. The van der Waals surface area contributed by atoms with Crippen molar-refractivity contribution in [1.29, 1.82) is 0 Å². The maximum absolute atomic E-state index is 11.6. The van der Waals surface area contributed by atoms with Gasteiger partial charge in [-0.15, -0.1) is 0 Å². The van der Waals surface area contributed by atoms with Crippen LogP contribution in [0.3, 0.4) is 0 Å². The highest BCUT2D eigenvalue weighted by molar-refractivity contribution is 9.10. The maximum atomic E-state index is 11.6. The first-order valence-corrected chi connectivity index (χ1v) is 7.29. The largest absolute Gasteiger partial charge is 0.492 e. The van der Waals surface area contributed by atoms with Crippen LogP contribution in [0.1, 0.15) is 12.8 Å². The highest BCUT2D eigenvalue weighted by atomic mass is 79.9. The Morgan fingerprint density at radius 3 is 2.74 bits per heavy atom. The molecule has 1 aromatic carbocycles. The number of rotatable bonds is 7. The van der Waals surface area contributed by atoms with Crippen molar-refractivity contribution in [2.75, 3.05) is 26.7 Å². The average Bonchev–Trinajstić information content (AvgIpc) is 3.15. The van der Waals surface area contributed by atoms with Crippen LogP contribution in [0.5, 0.6) is 5.75 Å². The lowest BCUT2D eigenvalue weighted by atomic mass is 10.3. The van der Waals surface area contributed by atoms with Crippen molar-refractivity contribution in [3.63, 3.8) is 0 Å². The highest BCUT2D eigenvalue weighted by Crippen LogP contribution is 2.18. The summed E-state index contributed by atoms with van der Waals surface area (Å²) in [6.07, 6.45) is 2.25. The van der Waals surface area contributed by atoms with Crippen molar-refractivity contribution in [1.82, 2.24) is 10.2 Å². The zero-order valence-electron chi connectivity index (χ0n) is 11.1. The Morgan fingerprint density at radius 2 is 2.11 bits per heavy atom. The zero-order valence-corrected chi connectivity index (χ0v) is 12.6. The van der Waals surface area contributed by atoms with Crippen molar-refractivity contribution in [2.24, 2.45) is 0 Å². The van der Waals surface area contributed by atoms with Crippen LogP contribution in [0, 0.1) is 0 Å². The van der Waals surface area contributed by atoms with Gasteiger partial charge in [-0.1, -0.05) is 15.9 Å². The lowest BCUT2D eigenvalue weighted by Gasteiger charge is -2.16. The summed E-state index contributed by atoms with van der Waals surface area (Å²) in [5, 5.41) is 2.97. The molecule has 0 radical (unpaired) electrons. The number of carbonyl (C=O) groups excluding carboxylic acids is 1. The number of ether oxygens (including phenoxy) is 1. The van der Waals surface area contributed by atoms with Crippen LogP contribution in [-0.2, 0) is 4.79 Å². The van der Waals surface area contributed by atoms with E-state index in [0.29, 0.717) is 19.2 Å². The van der Waals surface area contributed by atoms with Crippen molar-refractivity contribution in [2.45, 2.75) is 18.9 Å². The van der Waals surface area contributed by atoms with E-state index in [9.17, 15) is 4.79 Å². The molecule has 1 aromatic rings. The summed E-state index contributed by atoms with van der Waals surface area (Å²) in [5.74, 6) is 0.952. The minimum absolute atomic E-state index is 0.105.